The minimum absolute atomic E-state index is 0.118. The van der Waals surface area contributed by atoms with Gasteiger partial charge in [-0.15, -0.1) is 0 Å². The van der Waals surface area contributed by atoms with Crippen molar-refractivity contribution in [2.75, 3.05) is 0 Å². The third-order valence-electron chi connectivity index (χ3n) is 10.6. The summed E-state index contributed by atoms with van der Waals surface area (Å²) in [7, 11) is 0. The Morgan fingerprint density at radius 3 is 1.74 bits per heavy atom. The summed E-state index contributed by atoms with van der Waals surface area (Å²) in [5.74, 6) is 3.62. The molecule has 7 aromatic carbocycles. The maximum Gasteiger partial charge on any atom is 0.178 e. The molecule has 0 saturated heterocycles. The lowest BCUT2D eigenvalue weighted by atomic mass is 9.82. The van der Waals surface area contributed by atoms with Crippen LogP contribution in [0.1, 0.15) is 25.0 Å². The third-order valence-corrected chi connectivity index (χ3v) is 10.6. The number of nitrogens with zero attached hydrogens (tertiary/aromatic N) is 2. The Bertz CT molecular complexity index is 2680. The lowest BCUT2D eigenvalue weighted by Gasteiger charge is -2.26. The highest BCUT2D eigenvalue weighted by atomic mass is 16.6. The quantitative estimate of drug-likeness (QED) is 0.181. The van der Waals surface area contributed by atoms with E-state index >= 15 is 0 Å². The fraction of sp³-hybridized carbons (Fsp3) is 0.0612. The highest BCUT2D eigenvalue weighted by Crippen LogP contribution is 2.59. The van der Waals surface area contributed by atoms with Crippen LogP contribution < -0.4 is 9.47 Å². The van der Waals surface area contributed by atoms with Gasteiger partial charge >= 0.3 is 0 Å². The molecule has 0 saturated carbocycles. The Hall–Kier alpha value is -6.78. The summed E-state index contributed by atoms with van der Waals surface area (Å²) in [5, 5.41) is 0. The molecule has 8 aromatic rings. The van der Waals surface area contributed by atoms with Crippen LogP contribution in [-0.2, 0) is 5.41 Å². The van der Waals surface area contributed by atoms with Crippen LogP contribution >= 0.6 is 0 Å². The normalized spacial score (nSPS) is 13.2. The molecule has 1 aliphatic carbocycles. The van der Waals surface area contributed by atoms with Gasteiger partial charge in [0, 0.05) is 33.2 Å². The summed E-state index contributed by atoms with van der Waals surface area (Å²) in [6.45, 7) is 4.55. The number of fused-ring (bicyclic) bond motifs is 6. The van der Waals surface area contributed by atoms with Crippen LogP contribution in [0.25, 0.3) is 67.3 Å². The fourth-order valence-electron chi connectivity index (χ4n) is 7.84. The molecule has 0 fully saturated rings. The Kier molecular flexibility index (Phi) is 7.12. The third kappa shape index (κ3) is 5.22. The van der Waals surface area contributed by atoms with Gasteiger partial charge in [-0.1, -0.05) is 159 Å². The van der Waals surface area contributed by atoms with E-state index in [-0.39, 0.29) is 5.41 Å². The maximum atomic E-state index is 6.73. The molecule has 0 spiro atoms. The van der Waals surface area contributed by atoms with Crippen LogP contribution in [0.5, 0.6) is 23.0 Å². The first-order valence-corrected chi connectivity index (χ1v) is 18.0. The van der Waals surface area contributed by atoms with E-state index in [9.17, 15) is 0 Å². The van der Waals surface area contributed by atoms with Crippen LogP contribution in [0, 0.1) is 0 Å². The molecule has 2 heterocycles. The van der Waals surface area contributed by atoms with Crippen LogP contribution in [-0.4, -0.2) is 9.97 Å². The topological polar surface area (TPSA) is 44.2 Å². The first-order chi connectivity index (χ1) is 26.0. The largest absolute Gasteiger partial charge is 0.449 e. The van der Waals surface area contributed by atoms with Gasteiger partial charge in [-0.3, -0.25) is 0 Å². The van der Waals surface area contributed by atoms with Crippen molar-refractivity contribution in [2.24, 2.45) is 0 Å². The lowest BCUT2D eigenvalue weighted by Crippen LogP contribution is -2.15. The van der Waals surface area contributed by atoms with Gasteiger partial charge in [-0.25, -0.2) is 9.97 Å². The highest BCUT2D eigenvalue weighted by Gasteiger charge is 2.39. The van der Waals surface area contributed by atoms with Gasteiger partial charge in [0.05, 0.1) is 11.4 Å². The van der Waals surface area contributed by atoms with E-state index in [0.717, 1.165) is 67.4 Å². The van der Waals surface area contributed by atoms with Gasteiger partial charge < -0.3 is 9.47 Å². The van der Waals surface area contributed by atoms with Crippen molar-refractivity contribution in [3.8, 4) is 90.3 Å². The predicted octanol–water partition coefficient (Wildman–Crippen LogP) is 13.0. The van der Waals surface area contributed by atoms with Crippen LogP contribution in [0.3, 0.4) is 0 Å². The van der Waals surface area contributed by atoms with Crippen molar-refractivity contribution in [1.82, 2.24) is 9.97 Å². The molecule has 0 atom stereocenters. The summed E-state index contributed by atoms with van der Waals surface area (Å²) in [6.07, 6.45) is 0. The number of hydrogen-bond donors (Lipinski definition) is 0. The first kappa shape index (κ1) is 31.0. The minimum atomic E-state index is -0.118. The van der Waals surface area contributed by atoms with Gasteiger partial charge in [0.1, 0.15) is 0 Å². The van der Waals surface area contributed by atoms with Crippen molar-refractivity contribution in [3.63, 3.8) is 0 Å². The van der Waals surface area contributed by atoms with Gasteiger partial charge in [0.25, 0.3) is 0 Å². The highest BCUT2D eigenvalue weighted by molar-refractivity contribution is 5.89. The molecule has 10 rings (SSSR count). The zero-order valence-corrected chi connectivity index (χ0v) is 29.4. The lowest BCUT2D eigenvalue weighted by molar-refractivity contribution is 0.361. The monoisotopic (exact) mass is 682 g/mol. The summed E-state index contributed by atoms with van der Waals surface area (Å²) < 4.78 is 13.4. The number of aromatic nitrogens is 2. The molecule has 0 radical (unpaired) electrons. The number of rotatable bonds is 5. The standard InChI is InChI=1S/C49H34N2O2/c1-49(2)39-21-10-9-19-38(39)45-40(49)27-28-44-47(45)53-43-22-12-20-37(46(43)52-44)32-23-25-34(26-24-32)42-30-41(33-15-7-4-8-16-33)50-48(51-42)36-18-11-17-35(29-36)31-13-5-3-6-14-31/h3-30H,1-2H3. The molecule has 4 heteroatoms. The number of benzene rings is 7. The van der Waals surface area contributed by atoms with Gasteiger partial charge in [0.15, 0.2) is 28.8 Å². The average Bonchev–Trinajstić information content (AvgIpc) is 3.46. The number of hydrogen-bond acceptors (Lipinski definition) is 4. The van der Waals surface area contributed by atoms with Crippen molar-refractivity contribution in [2.45, 2.75) is 19.3 Å². The van der Waals surface area contributed by atoms with Crippen LogP contribution in [0.2, 0.25) is 0 Å². The summed E-state index contributed by atoms with van der Waals surface area (Å²) >= 11 is 0. The summed E-state index contributed by atoms with van der Waals surface area (Å²) in [6, 6.07) is 58.7. The second-order valence-electron chi connectivity index (χ2n) is 14.2. The second-order valence-corrected chi connectivity index (χ2v) is 14.2. The maximum absolute atomic E-state index is 6.73. The zero-order chi connectivity index (χ0) is 35.5. The zero-order valence-electron chi connectivity index (χ0n) is 29.4. The minimum Gasteiger partial charge on any atom is -0.449 e. The van der Waals surface area contributed by atoms with E-state index in [1.807, 2.05) is 36.4 Å². The van der Waals surface area contributed by atoms with Gasteiger partial charge in [0.2, 0.25) is 0 Å². The van der Waals surface area contributed by atoms with Crippen LogP contribution in [0.4, 0.5) is 0 Å². The number of para-hydroxylation sites is 1. The first-order valence-electron chi connectivity index (χ1n) is 18.0. The second kappa shape index (κ2) is 12.2. The van der Waals surface area contributed by atoms with Crippen molar-refractivity contribution < 1.29 is 9.47 Å². The number of ether oxygens (including phenoxy) is 2. The summed E-state index contributed by atoms with van der Waals surface area (Å²) in [4.78, 5) is 10.2. The van der Waals surface area contributed by atoms with Crippen LogP contribution in [0.15, 0.2) is 170 Å². The Morgan fingerprint density at radius 2 is 0.962 bits per heavy atom. The smallest absolute Gasteiger partial charge is 0.178 e. The average molecular weight is 683 g/mol. The molecule has 0 bridgehead atoms. The van der Waals surface area contributed by atoms with E-state index in [0.29, 0.717) is 17.3 Å². The van der Waals surface area contributed by atoms with Crippen molar-refractivity contribution >= 4 is 0 Å². The van der Waals surface area contributed by atoms with Gasteiger partial charge in [-0.05, 0) is 57.6 Å². The van der Waals surface area contributed by atoms with E-state index in [1.54, 1.807) is 0 Å². The molecule has 252 valence electrons. The Morgan fingerprint density at radius 1 is 0.396 bits per heavy atom. The van der Waals surface area contributed by atoms with E-state index < -0.39 is 0 Å². The van der Waals surface area contributed by atoms with Crippen molar-refractivity contribution in [1.29, 1.82) is 0 Å². The molecule has 0 N–H and O–H groups in total. The van der Waals surface area contributed by atoms with E-state index in [4.69, 9.17) is 19.4 Å². The molecule has 1 aliphatic heterocycles. The van der Waals surface area contributed by atoms with E-state index in [1.165, 1.54) is 16.7 Å². The molecule has 2 aliphatic rings. The molecular formula is C49H34N2O2. The van der Waals surface area contributed by atoms with Gasteiger partial charge in [-0.2, -0.15) is 0 Å². The molecule has 1 aromatic heterocycles. The molecular weight excluding hydrogens is 649 g/mol. The fourth-order valence-corrected chi connectivity index (χ4v) is 7.84. The molecule has 53 heavy (non-hydrogen) atoms. The molecule has 4 nitrogen and oxygen atoms in total. The Balaban J connectivity index is 1.01. The molecule has 0 unspecified atom stereocenters. The van der Waals surface area contributed by atoms with Crippen molar-refractivity contribution in [3.05, 3.63) is 181 Å². The predicted molar refractivity (Wildman–Crippen MR) is 213 cm³/mol. The SMILES string of the molecule is CC1(C)c2ccccc2-c2c1ccc1c2Oc2cccc(-c3ccc(-c4cc(-c5ccccc5)nc(-c5cccc(-c6ccccc6)c5)n4)cc3)c2O1. The summed E-state index contributed by atoms with van der Waals surface area (Å²) in [5.41, 5.74) is 13.8. The Labute approximate surface area is 309 Å². The molecule has 0 amide bonds. The van der Waals surface area contributed by atoms with E-state index in [2.05, 4.69) is 147 Å².